The van der Waals surface area contributed by atoms with E-state index in [2.05, 4.69) is 53.7 Å². The molecule has 28 heteroatoms. The molecule has 0 saturated carbocycles. The zero-order valence-corrected chi connectivity index (χ0v) is 54.9. The number of benzene rings is 3. The van der Waals surface area contributed by atoms with Gasteiger partial charge < -0.3 is 82.1 Å². The van der Waals surface area contributed by atoms with Crippen molar-refractivity contribution in [1.29, 1.82) is 0 Å². The van der Waals surface area contributed by atoms with Gasteiger partial charge in [0.25, 0.3) is 5.91 Å². The van der Waals surface area contributed by atoms with Crippen LogP contribution in [0, 0.1) is 0 Å². The van der Waals surface area contributed by atoms with Crippen molar-refractivity contribution in [2.75, 3.05) is 59.1 Å². The number of azo groups is 1. The molecule has 3 aromatic carbocycles. The predicted octanol–water partition coefficient (Wildman–Crippen LogP) is 6.89. The highest BCUT2D eigenvalue weighted by molar-refractivity contribution is 8.19. The van der Waals surface area contributed by atoms with E-state index in [-0.39, 0.29) is 92.7 Å². The van der Waals surface area contributed by atoms with Crippen LogP contribution < -0.4 is 63.3 Å². The Kier molecular flexibility index (Phi) is 34.9. The number of nitrogens with zero attached hydrogens (tertiary/aromatic N) is 3. The Morgan fingerprint density at radius 1 is 0.621 bits per heavy atom. The number of carboxylic acid groups (broad SMARTS) is 1. The Bertz CT molecular complexity index is 3170. The van der Waals surface area contributed by atoms with E-state index in [0.717, 1.165) is 54.5 Å². The number of hydrogen-bond acceptors (Lipinski definition) is 20. The first kappa shape index (κ1) is 77.3. The molecule has 3 unspecified atom stereocenters. The average Bonchev–Trinajstić information content (AvgIpc) is 0.899. The average molecular weight is 1340 g/mol. The Hall–Kier alpha value is -8.38. The second-order valence-electron chi connectivity index (χ2n) is 22.9. The van der Waals surface area contributed by atoms with E-state index >= 15 is 0 Å². The normalized spacial score (nSPS) is 13.1. The minimum atomic E-state index is -3.98. The molecule has 1 aromatic heterocycles. The molecule has 0 saturated heterocycles. The first-order valence-electron chi connectivity index (χ1n) is 32.6. The molecule has 1 aliphatic carbocycles. The third-order valence-corrected chi connectivity index (χ3v) is 16.5. The quantitative estimate of drug-likeness (QED) is 0.0122. The van der Waals surface area contributed by atoms with Gasteiger partial charge in [-0.05, 0) is 189 Å². The van der Waals surface area contributed by atoms with Crippen molar-refractivity contribution >= 4 is 63.9 Å². The molecule has 5 rings (SSSR count). The topological polar surface area (TPSA) is 433 Å². The molecule has 0 fully saturated rings. The number of fused-ring (bicyclic) bond motifs is 1. The van der Waals surface area contributed by atoms with Gasteiger partial charge >= 0.3 is 5.97 Å². The Balaban J connectivity index is 1.05. The molecule has 3 atom stereocenters. The third kappa shape index (κ3) is 27.8. The maximum absolute atomic E-state index is 14.1. The maximum atomic E-state index is 14.1. The van der Waals surface area contributed by atoms with Crippen LogP contribution >= 0.6 is 10.9 Å². The summed E-state index contributed by atoms with van der Waals surface area (Å²) < 4.78 is 47.6. The summed E-state index contributed by atoms with van der Waals surface area (Å²) in [5.41, 5.74) is 21.2. The van der Waals surface area contributed by atoms with Crippen molar-refractivity contribution in [3.05, 3.63) is 119 Å². The Morgan fingerprint density at radius 2 is 1.22 bits per heavy atom. The lowest BCUT2D eigenvalue weighted by atomic mass is 9.86. The Morgan fingerprint density at radius 3 is 1.82 bits per heavy atom. The second-order valence-corrected chi connectivity index (χ2v) is 24.4. The van der Waals surface area contributed by atoms with Gasteiger partial charge in [0, 0.05) is 55.2 Å². The van der Waals surface area contributed by atoms with Gasteiger partial charge in [-0.15, -0.1) is 11.7 Å². The minimum Gasteiger partial charge on any atom is -0.493 e. The molecule has 520 valence electrons. The summed E-state index contributed by atoms with van der Waals surface area (Å²) in [6.45, 7) is 5.74. The highest BCUT2D eigenvalue weighted by Crippen LogP contribution is 2.45. The van der Waals surface area contributed by atoms with Gasteiger partial charge in [0.15, 0.2) is 11.6 Å². The smallest absolute Gasteiger partial charge is 0.303 e. The number of carbonyl (C=O) groups is 8. The lowest BCUT2D eigenvalue weighted by Crippen LogP contribution is -2.57. The summed E-state index contributed by atoms with van der Waals surface area (Å²) in [5.74, 6) is -2.26. The van der Waals surface area contributed by atoms with Crippen LogP contribution in [0.25, 0.3) is 0 Å². The minimum absolute atomic E-state index is 0.0811. The van der Waals surface area contributed by atoms with Gasteiger partial charge in [0.1, 0.15) is 46.2 Å². The maximum Gasteiger partial charge on any atom is 0.303 e. The number of allylic oxidation sites excluding steroid dienone is 1. The summed E-state index contributed by atoms with van der Waals surface area (Å²) in [5, 5.41) is 33.9. The van der Waals surface area contributed by atoms with Gasteiger partial charge in [-0.3, -0.25) is 38.4 Å². The van der Waals surface area contributed by atoms with Crippen LogP contribution in [0.4, 0.5) is 5.82 Å². The van der Waals surface area contributed by atoms with Crippen molar-refractivity contribution in [2.45, 2.75) is 164 Å². The number of unbranched alkanes of at least 4 members (excludes halogenated alkanes) is 5. The summed E-state index contributed by atoms with van der Waals surface area (Å²) in [7, 11) is -3.98. The number of Topliss-reactive ketones (excluding diaryl/α,β-unsaturated/α-hetero) is 1. The standard InChI is InChI=1S/C67H96N12O15S/c1-2-18-50-48-20-14-24-55(80)49(48)30-32-58(50)93-41-13-3-12-40-92-56-25-15-26-57(51(56)31-34-63(83)84)94-42-16-28-61(81)71-38-17-39-72-65(86)52(21-6-9-35-68)77-67(88)54(23-8-11-37-70)78-66(87)53(22-7-10-36-69)76-62(82)45-74-64(85)47-29-33-60(73-43-47)79-75-44-46-19-4-5-27-59(46)95(89,90)91/h2,4-5,15,19,25-27,29-30,32-33,43,52-54,89-91H,1,3,6-14,16-18,20-24,28,31,34-42,44-45,68-70H2,(H,71,81)(H,72,86)(H,74,85)(H,76,82)(H,77,88)(H,78,87)(H,83,84). The number of rotatable bonds is 47. The van der Waals surface area contributed by atoms with Crippen molar-refractivity contribution in [1.82, 2.24) is 36.9 Å². The molecule has 0 bridgehead atoms. The van der Waals surface area contributed by atoms with Gasteiger partial charge in [-0.25, -0.2) is 4.98 Å². The predicted molar refractivity (Wildman–Crippen MR) is 360 cm³/mol. The molecule has 0 spiro atoms. The van der Waals surface area contributed by atoms with Crippen LogP contribution in [0.1, 0.15) is 159 Å². The van der Waals surface area contributed by atoms with Crippen LogP contribution in [-0.2, 0) is 54.6 Å². The van der Waals surface area contributed by atoms with E-state index in [0.29, 0.717) is 120 Å². The van der Waals surface area contributed by atoms with Crippen LogP contribution in [-0.4, -0.2) is 148 Å². The van der Waals surface area contributed by atoms with E-state index in [9.17, 15) is 57.1 Å². The van der Waals surface area contributed by atoms with Crippen LogP contribution in [0.15, 0.2) is 101 Å². The van der Waals surface area contributed by atoms with E-state index < -0.39 is 71.0 Å². The number of ether oxygens (including phenoxy) is 3. The summed E-state index contributed by atoms with van der Waals surface area (Å²) in [4.78, 5) is 109. The molecule has 1 aliphatic rings. The first-order chi connectivity index (χ1) is 45.9. The summed E-state index contributed by atoms with van der Waals surface area (Å²) in [6, 6.07) is 14.7. The van der Waals surface area contributed by atoms with Crippen LogP contribution in [0.2, 0.25) is 0 Å². The zero-order chi connectivity index (χ0) is 68.8. The molecule has 4 aromatic rings. The van der Waals surface area contributed by atoms with Crippen molar-refractivity contribution in [3.63, 3.8) is 0 Å². The number of nitrogens with two attached hydrogens (primary N) is 3. The second kappa shape index (κ2) is 42.8. The molecule has 16 N–H and O–H groups in total. The van der Waals surface area contributed by atoms with Crippen LogP contribution in [0.5, 0.6) is 17.2 Å². The van der Waals surface area contributed by atoms with Crippen LogP contribution in [0.3, 0.4) is 0 Å². The van der Waals surface area contributed by atoms with Crippen molar-refractivity contribution in [2.24, 2.45) is 27.4 Å². The van der Waals surface area contributed by atoms with E-state index in [1.807, 2.05) is 18.2 Å². The monoisotopic (exact) mass is 1340 g/mol. The lowest BCUT2D eigenvalue weighted by molar-refractivity contribution is -0.137. The number of hydrogen-bond donors (Lipinski definition) is 13. The number of carbonyl (C=O) groups excluding carboxylic acids is 7. The van der Waals surface area contributed by atoms with Gasteiger partial charge in [0.2, 0.25) is 29.5 Å². The molecule has 27 nitrogen and oxygen atoms in total. The van der Waals surface area contributed by atoms with E-state index in [4.69, 9.17) is 31.4 Å². The third-order valence-electron chi connectivity index (χ3n) is 15.5. The molecule has 1 heterocycles. The summed E-state index contributed by atoms with van der Waals surface area (Å²) >= 11 is 0. The highest BCUT2D eigenvalue weighted by atomic mass is 32.3. The van der Waals surface area contributed by atoms with Gasteiger partial charge in [-0.1, -0.05) is 30.3 Å². The lowest BCUT2D eigenvalue weighted by Gasteiger charge is -2.25. The Labute approximate surface area is 556 Å². The van der Waals surface area contributed by atoms with Gasteiger partial charge in [-0.2, -0.15) is 5.11 Å². The number of nitrogens with one attached hydrogen (secondary N) is 6. The first-order valence-corrected chi connectivity index (χ1v) is 34.1. The SMILES string of the molecule is C=CCc1c(OCCCCCOc2cccc(OCCCC(=O)NCCCNC(=O)C(CCCCN)NC(=O)C(CCCCN)NC(=O)C(CCCCN)NC(=O)CNC(=O)c3ccc(N=NCc4ccccc4S(O)(O)O)nc3)c2CCC(=O)O)ccc2c1CCCC2=O. The highest BCUT2D eigenvalue weighted by Gasteiger charge is 2.30. The number of ketones is 1. The fourth-order valence-electron chi connectivity index (χ4n) is 10.5. The van der Waals surface area contributed by atoms with E-state index in [1.165, 1.54) is 30.5 Å². The fourth-order valence-corrected chi connectivity index (χ4v) is 11.2. The zero-order valence-electron chi connectivity index (χ0n) is 54.1. The number of pyridine rings is 1. The molecule has 0 radical (unpaired) electrons. The van der Waals surface area contributed by atoms with Crippen molar-refractivity contribution < 1.29 is 71.3 Å². The summed E-state index contributed by atoms with van der Waals surface area (Å²) in [6.07, 6.45) is 12.7. The molecular weight excluding hydrogens is 1240 g/mol. The van der Waals surface area contributed by atoms with Gasteiger partial charge in [0.05, 0.1) is 43.4 Å². The molecule has 95 heavy (non-hydrogen) atoms. The molecule has 6 amide bonds. The molecular formula is C67H96N12O15S. The number of carboxylic acids is 1. The van der Waals surface area contributed by atoms with Crippen molar-refractivity contribution in [3.8, 4) is 17.2 Å². The number of amides is 6. The fraction of sp³-hybridized carbons (Fsp3) is 0.507. The molecule has 0 aliphatic heterocycles. The number of aliphatic carboxylic acids is 1. The largest absolute Gasteiger partial charge is 0.493 e. The number of aromatic nitrogens is 1. The van der Waals surface area contributed by atoms with E-state index in [1.54, 1.807) is 30.3 Å².